The van der Waals surface area contributed by atoms with Crippen molar-refractivity contribution >= 4 is 8.32 Å². The molecule has 4 aliphatic carbocycles. The second kappa shape index (κ2) is 14.5. The molecule has 1 nitrogen and oxygen atoms in total. The smallest absolute Gasteiger partial charge is 1.00 e. The zero-order chi connectivity index (χ0) is 21.9. The summed E-state index contributed by atoms with van der Waals surface area (Å²) >= 11 is 0. The molecule has 2 fully saturated rings. The van der Waals surface area contributed by atoms with Gasteiger partial charge in [0.25, 0.3) is 0 Å². The van der Waals surface area contributed by atoms with Gasteiger partial charge in [0.1, 0.15) is 0 Å². The van der Waals surface area contributed by atoms with Crippen LogP contribution < -0.4 is 24.8 Å². The van der Waals surface area contributed by atoms with E-state index in [2.05, 4.69) is 76.3 Å². The Balaban J connectivity index is 0.00000193. The summed E-state index contributed by atoms with van der Waals surface area (Å²) in [6, 6.07) is 3.80. The topological polar surface area (TPSA) is 9.23 Å². The number of rotatable bonds is 10. The van der Waals surface area contributed by atoms with Crippen LogP contribution in [-0.4, -0.2) is 14.9 Å². The van der Waals surface area contributed by atoms with Crippen LogP contribution in [0.3, 0.4) is 0 Å². The third kappa shape index (κ3) is 6.18. The van der Waals surface area contributed by atoms with Crippen molar-refractivity contribution in [3.05, 3.63) is 48.6 Å². The first-order valence-corrected chi connectivity index (χ1v) is 16.0. The maximum atomic E-state index is 6.90. The number of fused-ring (bicyclic) bond motifs is 2. The van der Waals surface area contributed by atoms with Crippen LogP contribution in [0, 0.1) is 40.9 Å². The number of halogens is 2. The molecule has 0 radical (unpaired) electrons. The van der Waals surface area contributed by atoms with E-state index in [-0.39, 0.29) is 51.0 Å². The van der Waals surface area contributed by atoms with Crippen molar-refractivity contribution in [1.29, 1.82) is 0 Å². The fourth-order valence-corrected chi connectivity index (χ4v) is 10.8. The van der Waals surface area contributed by atoms with Gasteiger partial charge in [-0.1, -0.05) is 76.3 Å². The van der Waals surface area contributed by atoms with E-state index >= 15 is 0 Å². The van der Waals surface area contributed by atoms with Crippen LogP contribution in [0.5, 0.6) is 0 Å². The van der Waals surface area contributed by atoms with E-state index in [9.17, 15) is 0 Å². The summed E-state index contributed by atoms with van der Waals surface area (Å²) in [6.45, 7) is 10.6. The van der Waals surface area contributed by atoms with Crippen LogP contribution in [0.15, 0.2) is 48.6 Å². The molecule has 4 rings (SSSR count). The Bertz CT molecular complexity index is 677. The fourth-order valence-electron chi connectivity index (χ4n) is 8.11. The molecule has 0 bridgehead atoms. The Hall–Kier alpha value is 0.600. The van der Waals surface area contributed by atoms with E-state index in [1.165, 1.54) is 56.7 Å². The van der Waals surface area contributed by atoms with Crippen LogP contribution in [-0.2, 0) is 30.6 Å². The molecule has 6 unspecified atom stereocenters. The van der Waals surface area contributed by atoms with E-state index in [4.69, 9.17) is 4.43 Å². The minimum absolute atomic E-state index is 0. The second-order valence-electron chi connectivity index (χ2n) is 10.8. The molecule has 0 spiro atoms. The zero-order valence-corrected chi connectivity index (χ0v) is 26.8. The average molecular weight is 601 g/mol. The van der Waals surface area contributed by atoms with Gasteiger partial charge in [-0.2, -0.15) is 0 Å². The Morgan fingerprint density at radius 3 is 1.56 bits per heavy atom. The minimum atomic E-state index is -1.53. The van der Waals surface area contributed by atoms with Gasteiger partial charge in [-0.05, 0) is 97.6 Å². The molecule has 4 aliphatic rings. The molecule has 0 aromatic rings. The molecular formula is C29H46Cl2OSiZr. The molecule has 6 atom stereocenters. The first-order valence-electron chi connectivity index (χ1n) is 13.5. The maximum absolute atomic E-state index is 6.90. The van der Waals surface area contributed by atoms with Crippen LogP contribution in [0.4, 0.5) is 0 Å². The van der Waals surface area contributed by atoms with Gasteiger partial charge < -0.3 is 29.2 Å². The van der Waals surface area contributed by atoms with E-state index in [1.807, 2.05) is 0 Å². The first kappa shape index (κ1) is 32.6. The maximum Gasteiger partial charge on any atom is 2.00 e. The van der Waals surface area contributed by atoms with E-state index < -0.39 is 8.32 Å². The summed E-state index contributed by atoms with van der Waals surface area (Å²) in [4.78, 5) is 0. The Kier molecular flexibility index (Phi) is 13.9. The van der Waals surface area contributed by atoms with Crippen LogP contribution in [0.1, 0.15) is 66.2 Å². The van der Waals surface area contributed by atoms with Gasteiger partial charge in [0.05, 0.1) is 0 Å². The van der Waals surface area contributed by atoms with Crippen LogP contribution >= 0.6 is 0 Å². The number of hydrogen-bond acceptors (Lipinski definition) is 1. The molecule has 0 aromatic heterocycles. The molecule has 0 aromatic carbocycles. The van der Waals surface area contributed by atoms with Crippen molar-refractivity contribution < 1.29 is 55.4 Å². The van der Waals surface area contributed by atoms with E-state index in [0.717, 1.165) is 42.1 Å². The summed E-state index contributed by atoms with van der Waals surface area (Å²) in [7, 11) is -1.53. The summed E-state index contributed by atoms with van der Waals surface area (Å²) in [5.74, 6) is 4.68. The first-order chi connectivity index (χ1) is 15.1. The van der Waals surface area contributed by atoms with Crippen LogP contribution in [0.2, 0.25) is 18.1 Å². The zero-order valence-electron chi connectivity index (χ0n) is 21.8. The monoisotopic (exact) mass is 598 g/mol. The Labute approximate surface area is 242 Å². The van der Waals surface area contributed by atoms with Crippen molar-refractivity contribution in [3.63, 3.8) is 0 Å². The fraction of sp³-hybridized carbons (Fsp3) is 0.724. The quantitative estimate of drug-likeness (QED) is 0.350. The predicted octanol–water partition coefficient (Wildman–Crippen LogP) is 2.34. The molecule has 0 saturated heterocycles. The molecule has 190 valence electrons. The molecule has 2 saturated carbocycles. The summed E-state index contributed by atoms with van der Waals surface area (Å²) in [5, 5.41) is 0. The van der Waals surface area contributed by atoms with Gasteiger partial charge in [-0.3, -0.25) is 0 Å². The summed E-state index contributed by atoms with van der Waals surface area (Å²) in [6.07, 6.45) is 27.6. The van der Waals surface area contributed by atoms with Gasteiger partial charge in [0, 0.05) is 6.61 Å². The van der Waals surface area contributed by atoms with Gasteiger partial charge in [-0.15, -0.1) is 0 Å². The second-order valence-corrected chi connectivity index (χ2v) is 15.6. The standard InChI is InChI=1S/C29H46OSi.2ClH.Zr/c1-5-29(21-22-30-31(6-2,7-3)8-4,27-19-17-23-13-9-11-15-25(23)27)28-20-18-24-14-10-12-16-26(24)28;;;/h9-16,23-28H,5-8,17-22H2,1-4H3;2*1H;/q;;;+2/p-2. The SMILES string of the molecule is CCC(CCO[Si](CC)(CC)CC)(C1CCC2C=CC=CC21)C1CCC2C=CC=CC21.[Cl-].[Cl-].[Zr+2]. The summed E-state index contributed by atoms with van der Waals surface area (Å²) < 4.78 is 6.90. The van der Waals surface area contributed by atoms with Gasteiger partial charge in [-0.25, -0.2) is 0 Å². The Morgan fingerprint density at radius 1 is 0.706 bits per heavy atom. The van der Waals surface area contributed by atoms with Gasteiger partial charge in [0.2, 0.25) is 0 Å². The molecule has 34 heavy (non-hydrogen) atoms. The summed E-state index contributed by atoms with van der Waals surface area (Å²) in [5.41, 5.74) is 0.416. The van der Waals surface area contributed by atoms with E-state index in [1.54, 1.807) is 0 Å². The molecule has 0 heterocycles. The van der Waals surface area contributed by atoms with Crippen molar-refractivity contribution in [2.45, 2.75) is 84.4 Å². The van der Waals surface area contributed by atoms with Gasteiger partial charge in [0.15, 0.2) is 8.32 Å². The largest absolute Gasteiger partial charge is 2.00 e. The van der Waals surface area contributed by atoms with Crippen LogP contribution in [0.25, 0.3) is 0 Å². The molecule has 5 heteroatoms. The van der Waals surface area contributed by atoms with Crippen molar-refractivity contribution in [2.75, 3.05) is 6.61 Å². The van der Waals surface area contributed by atoms with Crippen molar-refractivity contribution in [2.24, 2.45) is 40.9 Å². The predicted molar refractivity (Wildman–Crippen MR) is 136 cm³/mol. The minimum Gasteiger partial charge on any atom is -1.00 e. The average Bonchev–Trinajstić information content (AvgIpc) is 3.46. The Morgan fingerprint density at radius 2 is 1.15 bits per heavy atom. The van der Waals surface area contributed by atoms with E-state index in [0.29, 0.717) is 5.41 Å². The van der Waals surface area contributed by atoms with Crippen molar-refractivity contribution in [1.82, 2.24) is 0 Å². The number of allylic oxidation sites excluding steroid dienone is 8. The van der Waals surface area contributed by atoms with Crippen molar-refractivity contribution in [3.8, 4) is 0 Å². The molecular weight excluding hydrogens is 555 g/mol. The normalized spacial score (nSPS) is 32.7. The molecule has 0 amide bonds. The van der Waals surface area contributed by atoms with Gasteiger partial charge >= 0.3 is 26.2 Å². The third-order valence-corrected chi connectivity index (χ3v) is 14.9. The molecule has 0 N–H and O–H groups in total. The number of hydrogen-bond donors (Lipinski definition) is 0. The molecule has 0 aliphatic heterocycles. The third-order valence-electron chi connectivity index (χ3n) is 10.2.